The average molecular weight is 282 g/mol. The van der Waals surface area contributed by atoms with Gasteiger partial charge in [-0.3, -0.25) is 10.1 Å². The van der Waals surface area contributed by atoms with E-state index in [1.807, 2.05) is 6.92 Å². The van der Waals surface area contributed by atoms with Crippen LogP contribution in [0.5, 0.6) is 5.88 Å². The largest absolute Gasteiger partial charge is 0.473 e. The second-order valence-corrected chi connectivity index (χ2v) is 4.36. The molecule has 0 spiro atoms. The molecule has 7 heteroatoms. The van der Waals surface area contributed by atoms with Gasteiger partial charge in [-0.05, 0) is 19.8 Å². The normalized spacial score (nSPS) is 10.3. The fraction of sp³-hybridized carbons (Fsp3) is 0.692. The fourth-order valence-corrected chi connectivity index (χ4v) is 1.72. The van der Waals surface area contributed by atoms with Crippen LogP contribution in [-0.4, -0.2) is 28.0 Å². The Labute approximate surface area is 118 Å². The third-order valence-electron chi connectivity index (χ3n) is 2.66. The van der Waals surface area contributed by atoms with E-state index >= 15 is 0 Å². The third-order valence-corrected chi connectivity index (χ3v) is 2.66. The number of aryl methyl sites for hydroxylation is 1. The highest BCUT2D eigenvalue weighted by Crippen LogP contribution is 2.32. The molecule has 0 unspecified atom stereocenters. The lowest BCUT2D eigenvalue weighted by atomic mass is 10.3. The maximum Gasteiger partial charge on any atom is 0.372 e. The summed E-state index contributed by atoms with van der Waals surface area (Å²) in [5.41, 5.74) is -0.178. The van der Waals surface area contributed by atoms with E-state index in [1.165, 1.54) is 0 Å². The number of hydrogen-bond donors (Lipinski definition) is 1. The number of hydrogen-bond acceptors (Lipinski definition) is 6. The smallest absolute Gasteiger partial charge is 0.372 e. The molecular formula is C13H22N4O3. The first-order valence-corrected chi connectivity index (χ1v) is 7.05. The first-order chi connectivity index (χ1) is 9.63. The molecule has 0 aliphatic carbocycles. The van der Waals surface area contributed by atoms with Crippen molar-refractivity contribution in [3.8, 4) is 5.88 Å². The van der Waals surface area contributed by atoms with Gasteiger partial charge < -0.3 is 10.1 Å². The molecule has 1 N–H and O–H groups in total. The molecule has 0 saturated carbocycles. The molecule has 0 amide bonds. The van der Waals surface area contributed by atoms with E-state index < -0.39 is 4.92 Å². The summed E-state index contributed by atoms with van der Waals surface area (Å²) in [6.45, 7) is 6.82. The van der Waals surface area contributed by atoms with Gasteiger partial charge in [0.1, 0.15) is 5.82 Å². The van der Waals surface area contributed by atoms with Gasteiger partial charge in [-0.25, -0.2) is 4.98 Å². The molecule has 1 aromatic rings. The van der Waals surface area contributed by atoms with Crippen molar-refractivity contribution in [2.24, 2.45) is 0 Å². The quantitative estimate of drug-likeness (QED) is 0.425. The van der Waals surface area contributed by atoms with Gasteiger partial charge in [-0.15, -0.1) is 0 Å². The predicted octanol–water partition coefficient (Wildman–Crippen LogP) is 2.95. The van der Waals surface area contributed by atoms with Crippen molar-refractivity contribution in [3.05, 3.63) is 15.9 Å². The third kappa shape index (κ3) is 4.32. The first kappa shape index (κ1) is 16.1. The van der Waals surface area contributed by atoms with Gasteiger partial charge in [0.15, 0.2) is 0 Å². The van der Waals surface area contributed by atoms with Crippen LogP contribution in [0, 0.1) is 10.1 Å². The Balaban J connectivity index is 3.15. The van der Waals surface area contributed by atoms with E-state index in [2.05, 4.69) is 22.2 Å². The van der Waals surface area contributed by atoms with E-state index in [0.717, 1.165) is 19.3 Å². The van der Waals surface area contributed by atoms with Gasteiger partial charge in [0.25, 0.3) is 5.88 Å². The van der Waals surface area contributed by atoms with Crippen molar-refractivity contribution in [1.29, 1.82) is 0 Å². The summed E-state index contributed by atoms with van der Waals surface area (Å²) in [7, 11) is 0. The van der Waals surface area contributed by atoms with Gasteiger partial charge in [0.05, 0.1) is 11.5 Å². The maximum atomic E-state index is 11.2. The molecule has 1 aromatic heterocycles. The molecular weight excluding hydrogens is 260 g/mol. The molecule has 112 valence electrons. The van der Waals surface area contributed by atoms with Crippen LogP contribution < -0.4 is 10.1 Å². The monoisotopic (exact) mass is 282 g/mol. The minimum Gasteiger partial charge on any atom is -0.473 e. The van der Waals surface area contributed by atoms with Gasteiger partial charge in [0.2, 0.25) is 5.82 Å². The van der Waals surface area contributed by atoms with Gasteiger partial charge in [-0.2, -0.15) is 4.98 Å². The van der Waals surface area contributed by atoms with E-state index in [9.17, 15) is 10.1 Å². The van der Waals surface area contributed by atoms with Crippen LogP contribution in [0.15, 0.2) is 0 Å². The van der Waals surface area contributed by atoms with E-state index in [1.54, 1.807) is 6.92 Å². The molecule has 0 aromatic carbocycles. The standard InChI is InChI=1S/C13H22N4O3/c1-4-7-9-14-12-11(17(18)19)13(20-6-3)16-10(15-12)8-5-2/h4-9H2,1-3H3,(H,14,15,16). The predicted molar refractivity (Wildman–Crippen MR) is 77.2 cm³/mol. The summed E-state index contributed by atoms with van der Waals surface area (Å²) in [6.07, 6.45) is 3.47. The molecule has 0 aliphatic rings. The molecule has 0 bridgehead atoms. The van der Waals surface area contributed by atoms with Crippen LogP contribution in [0.2, 0.25) is 0 Å². The SMILES string of the molecule is CCCCNc1nc(CCC)nc(OCC)c1[N+](=O)[O-]. The summed E-state index contributed by atoms with van der Waals surface area (Å²) in [6, 6.07) is 0. The van der Waals surface area contributed by atoms with Gasteiger partial charge >= 0.3 is 5.69 Å². The van der Waals surface area contributed by atoms with Crippen molar-refractivity contribution in [1.82, 2.24) is 9.97 Å². The van der Waals surface area contributed by atoms with Crippen molar-refractivity contribution in [2.45, 2.75) is 46.5 Å². The second-order valence-electron chi connectivity index (χ2n) is 4.36. The van der Waals surface area contributed by atoms with Crippen LogP contribution in [0.25, 0.3) is 0 Å². The lowest BCUT2D eigenvalue weighted by molar-refractivity contribution is -0.385. The van der Waals surface area contributed by atoms with E-state index in [-0.39, 0.29) is 17.4 Å². The fourth-order valence-electron chi connectivity index (χ4n) is 1.72. The lowest BCUT2D eigenvalue weighted by Crippen LogP contribution is -2.11. The molecule has 7 nitrogen and oxygen atoms in total. The van der Waals surface area contributed by atoms with Crippen LogP contribution in [-0.2, 0) is 6.42 Å². The Morgan fingerprint density at radius 1 is 1.25 bits per heavy atom. The van der Waals surface area contributed by atoms with Gasteiger partial charge in [0, 0.05) is 13.0 Å². The highest BCUT2D eigenvalue weighted by atomic mass is 16.6. The molecule has 20 heavy (non-hydrogen) atoms. The summed E-state index contributed by atoms with van der Waals surface area (Å²) in [4.78, 5) is 19.1. The van der Waals surface area contributed by atoms with Crippen molar-refractivity contribution in [2.75, 3.05) is 18.5 Å². The minimum absolute atomic E-state index is 0.0509. The number of unbranched alkanes of at least 4 members (excludes halogenated alkanes) is 1. The van der Waals surface area contributed by atoms with Crippen molar-refractivity contribution in [3.63, 3.8) is 0 Å². The molecule has 0 atom stereocenters. The molecule has 0 saturated heterocycles. The van der Waals surface area contributed by atoms with Crippen LogP contribution >= 0.6 is 0 Å². The highest BCUT2D eigenvalue weighted by Gasteiger charge is 2.25. The Hall–Kier alpha value is -1.92. The summed E-state index contributed by atoms with van der Waals surface area (Å²) >= 11 is 0. The van der Waals surface area contributed by atoms with Crippen LogP contribution in [0.4, 0.5) is 11.5 Å². The van der Waals surface area contributed by atoms with Crippen LogP contribution in [0.3, 0.4) is 0 Å². The molecule has 0 fully saturated rings. The summed E-state index contributed by atoms with van der Waals surface area (Å²) in [5.74, 6) is 0.876. The maximum absolute atomic E-state index is 11.2. The molecule has 1 rings (SSSR count). The number of aromatic nitrogens is 2. The van der Waals surface area contributed by atoms with Crippen molar-refractivity contribution >= 4 is 11.5 Å². The minimum atomic E-state index is -0.491. The van der Waals surface area contributed by atoms with Crippen molar-refractivity contribution < 1.29 is 9.66 Å². The number of rotatable bonds is 9. The van der Waals surface area contributed by atoms with Gasteiger partial charge in [-0.1, -0.05) is 20.3 Å². The number of anilines is 1. The van der Waals surface area contributed by atoms with E-state index in [0.29, 0.717) is 25.4 Å². The summed E-state index contributed by atoms with van der Waals surface area (Å²) < 4.78 is 5.30. The Kier molecular flexibility index (Phi) is 6.69. The number of ether oxygens (including phenoxy) is 1. The Morgan fingerprint density at radius 3 is 2.55 bits per heavy atom. The molecule has 0 radical (unpaired) electrons. The zero-order valence-electron chi connectivity index (χ0n) is 12.3. The van der Waals surface area contributed by atoms with E-state index in [4.69, 9.17) is 4.74 Å². The molecule has 1 heterocycles. The lowest BCUT2D eigenvalue weighted by Gasteiger charge is -2.10. The molecule has 0 aliphatic heterocycles. The Bertz CT molecular complexity index is 451. The number of nitrogens with one attached hydrogen (secondary N) is 1. The topological polar surface area (TPSA) is 90.2 Å². The second kappa shape index (κ2) is 8.29. The van der Waals surface area contributed by atoms with Crippen LogP contribution in [0.1, 0.15) is 45.9 Å². The number of nitro groups is 1. The first-order valence-electron chi connectivity index (χ1n) is 7.05. The zero-order chi connectivity index (χ0) is 15.0. The summed E-state index contributed by atoms with van der Waals surface area (Å²) in [5, 5.41) is 14.2. The number of nitrogens with zero attached hydrogens (tertiary/aromatic N) is 3. The zero-order valence-corrected chi connectivity index (χ0v) is 12.3. The Morgan fingerprint density at radius 2 is 2.00 bits per heavy atom. The average Bonchev–Trinajstić information content (AvgIpc) is 2.39. The highest BCUT2D eigenvalue weighted by molar-refractivity contribution is 5.61.